The molecule has 1 aliphatic rings. The molecule has 29 heavy (non-hydrogen) atoms. The average molecular weight is 459 g/mol. The molecule has 3 rings (SSSR count). The molecule has 0 bridgehead atoms. The van der Waals surface area contributed by atoms with Crippen LogP contribution in [0.1, 0.15) is 43.4 Å². The maximum absolute atomic E-state index is 12.8. The van der Waals surface area contributed by atoms with Crippen LogP contribution < -0.4 is 5.32 Å². The first-order valence-electron chi connectivity index (χ1n) is 9.97. The number of piperidine rings is 1. The zero-order valence-corrected chi connectivity index (χ0v) is 18.2. The largest absolute Gasteiger partial charge is 0.373 e. The molecule has 0 saturated carbocycles. The Balaban J connectivity index is 1.50. The minimum Gasteiger partial charge on any atom is -0.373 e. The van der Waals surface area contributed by atoms with Gasteiger partial charge >= 0.3 is 0 Å². The molecule has 2 amide bonds. The Labute approximate surface area is 180 Å². The van der Waals surface area contributed by atoms with Gasteiger partial charge in [0.25, 0.3) is 0 Å². The van der Waals surface area contributed by atoms with E-state index < -0.39 is 0 Å². The van der Waals surface area contributed by atoms with E-state index in [1.165, 1.54) is 12.5 Å². The van der Waals surface area contributed by atoms with Crippen LogP contribution in [0.4, 0.5) is 0 Å². The van der Waals surface area contributed by atoms with Gasteiger partial charge in [-0.25, -0.2) is 0 Å². The molecule has 1 aliphatic heterocycles. The van der Waals surface area contributed by atoms with Gasteiger partial charge in [-0.15, -0.1) is 0 Å². The van der Waals surface area contributed by atoms with Crippen LogP contribution in [-0.2, 0) is 20.9 Å². The van der Waals surface area contributed by atoms with Crippen molar-refractivity contribution in [3.8, 4) is 0 Å². The third-order valence-corrected chi connectivity index (χ3v) is 5.68. The lowest BCUT2D eigenvalue weighted by Crippen LogP contribution is -2.42. The highest BCUT2D eigenvalue weighted by atomic mass is 79.9. The number of nitrogens with zero attached hydrogens (tertiary/aromatic N) is 1. The number of benzene rings is 2. The Morgan fingerprint density at radius 3 is 2.38 bits per heavy atom. The molecule has 1 heterocycles. The second kappa shape index (κ2) is 10.6. The molecule has 2 aromatic rings. The second-order valence-electron chi connectivity index (χ2n) is 7.39. The molecule has 1 atom stereocenters. The van der Waals surface area contributed by atoms with Crippen molar-refractivity contribution in [2.24, 2.45) is 0 Å². The van der Waals surface area contributed by atoms with Gasteiger partial charge in [-0.05, 0) is 36.1 Å². The van der Waals surface area contributed by atoms with Gasteiger partial charge < -0.3 is 15.0 Å². The van der Waals surface area contributed by atoms with Gasteiger partial charge in [-0.1, -0.05) is 58.4 Å². The normalized spacial score (nSPS) is 15.7. The highest BCUT2D eigenvalue weighted by Gasteiger charge is 2.26. The number of ether oxygens (including phenoxy) is 1. The molecule has 0 spiro atoms. The van der Waals surface area contributed by atoms with Crippen molar-refractivity contribution < 1.29 is 14.3 Å². The first kappa shape index (κ1) is 21.5. The van der Waals surface area contributed by atoms with Gasteiger partial charge in [0.15, 0.2) is 0 Å². The van der Waals surface area contributed by atoms with E-state index in [0.29, 0.717) is 19.7 Å². The quantitative estimate of drug-likeness (QED) is 0.675. The van der Waals surface area contributed by atoms with Crippen molar-refractivity contribution in [2.45, 2.75) is 44.9 Å². The summed E-state index contributed by atoms with van der Waals surface area (Å²) in [5, 5.41) is 2.91. The van der Waals surface area contributed by atoms with Crippen molar-refractivity contribution in [2.75, 3.05) is 13.1 Å². The SMILES string of the molecule is CC(=O)NC(CC(=O)N1CCC(OCc2ccccc2)CC1)c1ccc(Br)cc1. The number of likely N-dealkylation sites (tertiary alicyclic amines) is 1. The number of halogens is 1. The van der Waals surface area contributed by atoms with Crippen molar-refractivity contribution in [3.63, 3.8) is 0 Å². The Kier molecular flexibility index (Phi) is 7.83. The smallest absolute Gasteiger partial charge is 0.224 e. The van der Waals surface area contributed by atoms with Crippen molar-refractivity contribution in [3.05, 3.63) is 70.2 Å². The van der Waals surface area contributed by atoms with E-state index in [2.05, 4.69) is 33.4 Å². The van der Waals surface area contributed by atoms with Crippen molar-refractivity contribution in [1.29, 1.82) is 0 Å². The molecular weight excluding hydrogens is 432 g/mol. The molecule has 1 fully saturated rings. The summed E-state index contributed by atoms with van der Waals surface area (Å²) in [6, 6.07) is 17.5. The fourth-order valence-corrected chi connectivity index (χ4v) is 3.82. The van der Waals surface area contributed by atoms with Gasteiger partial charge in [0.05, 0.1) is 25.2 Å². The third-order valence-electron chi connectivity index (χ3n) is 5.15. The van der Waals surface area contributed by atoms with Crippen LogP contribution >= 0.6 is 15.9 Å². The molecule has 1 N–H and O–H groups in total. The van der Waals surface area contributed by atoms with E-state index >= 15 is 0 Å². The predicted molar refractivity (Wildman–Crippen MR) is 116 cm³/mol. The maximum atomic E-state index is 12.8. The molecule has 6 heteroatoms. The number of carbonyl (C=O) groups excluding carboxylic acids is 2. The number of nitrogens with one attached hydrogen (secondary N) is 1. The molecular formula is C23H27BrN2O3. The summed E-state index contributed by atoms with van der Waals surface area (Å²) in [7, 11) is 0. The van der Waals surface area contributed by atoms with Gasteiger partial charge in [-0.2, -0.15) is 0 Å². The lowest BCUT2D eigenvalue weighted by Gasteiger charge is -2.33. The van der Waals surface area contributed by atoms with Crippen molar-refractivity contribution >= 4 is 27.7 Å². The van der Waals surface area contributed by atoms with Crippen LogP contribution in [0.25, 0.3) is 0 Å². The summed E-state index contributed by atoms with van der Waals surface area (Å²) < 4.78 is 6.98. The van der Waals surface area contributed by atoms with Crippen molar-refractivity contribution in [1.82, 2.24) is 10.2 Å². The number of carbonyl (C=O) groups is 2. The van der Waals surface area contributed by atoms with Crippen LogP contribution in [0.2, 0.25) is 0 Å². The highest BCUT2D eigenvalue weighted by Crippen LogP contribution is 2.23. The van der Waals surface area contributed by atoms with E-state index in [1.54, 1.807) is 0 Å². The zero-order chi connectivity index (χ0) is 20.6. The van der Waals surface area contributed by atoms with E-state index in [-0.39, 0.29) is 30.4 Å². The summed E-state index contributed by atoms with van der Waals surface area (Å²) in [5.41, 5.74) is 2.09. The third kappa shape index (κ3) is 6.68. The summed E-state index contributed by atoms with van der Waals surface area (Å²) in [4.78, 5) is 26.3. The maximum Gasteiger partial charge on any atom is 0.224 e. The lowest BCUT2D eigenvalue weighted by atomic mass is 10.0. The second-order valence-corrected chi connectivity index (χ2v) is 8.30. The fraction of sp³-hybridized carbons (Fsp3) is 0.391. The Morgan fingerprint density at radius 2 is 1.76 bits per heavy atom. The number of hydrogen-bond acceptors (Lipinski definition) is 3. The first-order valence-corrected chi connectivity index (χ1v) is 10.8. The number of rotatable bonds is 7. The summed E-state index contributed by atoms with van der Waals surface area (Å²) in [5.74, 6) is -0.0769. The van der Waals surface area contributed by atoms with E-state index in [4.69, 9.17) is 4.74 Å². The fourth-order valence-electron chi connectivity index (χ4n) is 3.56. The summed E-state index contributed by atoms with van der Waals surface area (Å²) in [6.07, 6.45) is 2.11. The van der Waals surface area contributed by atoms with E-state index in [1.807, 2.05) is 47.4 Å². The zero-order valence-electron chi connectivity index (χ0n) is 16.6. The minimum absolute atomic E-state index is 0.0631. The Hall–Kier alpha value is -2.18. The van der Waals surface area contributed by atoms with Crippen LogP contribution in [0.15, 0.2) is 59.1 Å². The molecule has 0 radical (unpaired) electrons. The molecule has 2 aromatic carbocycles. The number of hydrogen-bond donors (Lipinski definition) is 1. The standard InChI is InChI=1S/C23H27BrN2O3/c1-17(27)25-22(19-7-9-20(24)10-8-19)15-23(28)26-13-11-21(12-14-26)29-16-18-5-3-2-4-6-18/h2-10,21-22H,11-16H2,1H3,(H,25,27). The monoisotopic (exact) mass is 458 g/mol. The summed E-state index contributed by atoms with van der Waals surface area (Å²) >= 11 is 3.42. The number of amides is 2. The topological polar surface area (TPSA) is 58.6 Å². The van der Waals surface area contributed by atoms with Crippen LogP contribution in [0.5, 0.6) is 0 Å². The molecule has 5 nitrogen and oxygen atoms in total. The van der Waals surface area contributed by atoms with E-state index in [0.717, 1.165) is 22.9 Å². The van der Waals surface area contributed by atoms with Crippen LogP contribution in [-0.4, -0.2) is 35.9 Å². The Bertz CT molecular complexity index is 803. The lowest BCUT2D eigenvalue weighted by molar-refractivity contribution is -0.134. The van der Waals surface area contributed by atoms with Crippen LogP contribution in [0, 0.1) is 0 Å². The predicted octanol–water partition coefficient (Wildman–Crippen LogP) is 4.22. The molecule has 0 aromatic heterocycles. The van der Waals surface area contributed by atoms with Crippen LogP contribution in [0.3, 0.4) is 0 Å². The summed E-state index contributed by atoms with van der Waals surface area (Å²) in [6.45, 7) is 3.45. The average Bonchev–Trinajstić information content (AvgIpc) is 2.73. The molecule has 1 saturated heterocycles. The molecule has 1 unspecified atom stereocenters. The van der Waals surface area contributed by atoms with Gasteiger partial charge in [0, 0.05) is 24.5 Å². The Morgan fingerprint density at radius 1 is 1.10 bits per heavy atom. The van der Waals surface area contributed by atoms with Gasteiger partial charge in [0.2, 0.25) is 11.8 Å². The highest BCUT2D eigenvalue weighted by molar-refractivity contribution is 9.10. The molecule has 0 aliphatic carbocycles. The van der Waals surface area contributed by atoms with Gasteiger partial charge in [0.1, 0.15) is 0 Å². The minimum atomic E-state index is -0.319. The first-order chi connectivity index (χ1) is 14.0. The molecule has 154 valence electrons. The van der Waals surface area contributed by atoms with E-state index in [9.17, 15) is 9.59 Å². The van der Waals surface area contributed by atoms with Gasteiger partial charge in [-0.3, -0.25) is 9.59 Å².